The van der Waals surface area contributed by atoms with Crippen molar-refractivity contribution in [2.75, 3.05) is 11.9 Å². The topological polar surface area (TPSA) is 117 Å². The average Bonchev–Trinajstić information content (AvgIpc) is 2.78. The van der Waals surface area contributed by atoms with Gasteiger partial charge in [-0.25, -0.2) is 17.5 Å². The highest BCUT2D eigenvalue weighted by Crippen LogP contribution is 2.16. The molecular weight excluding hydrogens is 435 g/mol. The van der Waals surface area contributed by atoms with Crippen LogP contribution in [0.1, 0.15) is 33.2 Å². The number of rotatable bonds is 8. The summed E-state index contributed by atoms with van der Waals surface area (Å²) in [4.78, 5) is 28.4. The molecule has 8 nitrogen and oxygen atoms in total. The summed E-state index contributed by atoms with van der Waals surface area (Å²) in [6.45, 7) is 1.82. The van der Waals surface area contributed by atoms with E-state index < -0.39 is 21.7 Å². The van der Waals surface area contributed by atoms with Gasteiger partial charge in [-0.3, -0.25) is 14.6 Å². The molecule has 1 heterocycles. The lowest BCUT2D eigenvalue weighted by atomic mass is 10.1. The van der Waals surface area contributed by atoms with Gasteiger partial charge < -0.3 is 10.6 Å². The number of nitrogens with one attached hydrogen (secondary N) is 3. The summed E-state index contributed by atoms with van der Waals surface area (Å²) in [6, 6.07) is 13.0. The van der Waals surface area contributed by atoms with Crippen molar-refractivity contribution in [2.45, 2.75) is 18.4 Å². The number of aromatic nitrogens is 1. The number of carbonyl (C=O) groups excluding carboxylic acids is 2. The maximum atomic E-state index is 14.2. The van der Waals surface area contributed by atoms with E-state index in [4.69, 9.17) is 0 Å². The van der Waals surface area contributed by atoms with Gasteiger partial charge in [0.15, 0.2) is 0 Å². The van der Waals surface area contributed by atoms with E-state index in [-0.39, 0.29) is 29.5 Å². The number of carbonyl (C=O) groups is 2. The van der Waals surface area contributed by atoms with Crippen molar-refractivity contribution in [2.24, 2.45) is 0 Å². The second-order valence-corrected chi connectivity index (χ2v) is 8.48. The van der Waals surface area contributed by atoms with Crippen molar-refractivity contribution in [3.05, 3.63) is 89.5 Å². The van der Waals surface area contributed by atoms with Gasteiger partial charge in [0.05, 0.1) is 10.5 Å². The highest BCUT2D eigenvalue weighted by molar-refractivity contribution is 7.89. The molecule has 0 atom stereocenters. The van der Waals surface area contributed by atoms with Crippen LogP contribution in [0.25, 0.3) is 0 Å². The monoisotopic (exact) mass is 456 g/mol. The van der Waals surface area contributed by atoms with E-state index in [1.807, 2.05) is 0 Å². The minimum Gasteiger partial charge on any atom is -0.348 e. The van der Waals surface area contributed by atoms with Crippen LogP contribution < -0.4 is 15.4 Å². The fraction of sp³-hybridized carbons (Fsp3) is 0.136. The van der Waals surface area contributed by atoms with E-state index in [9.17, 15) is 22.4 Å². The standard InChI is InChI=1S/C22H21FN4O4S/c1-2-26-32(30,31)18-6-7-20(23)19(13-18)22(29)25-14-15-4-3-5-17(12-15)27-21(28)16-8-10-24-11-9-16/h3-13,26H,2,14H2,1H3,(H,25,29)(H,27,28). The normalized spacial score (nSPS) is 11.1. The third-order valence-corrected chi connectivity index (χ3v) is 5.95. The van der Waals surface area contributed by atoms with Crippen LogP contribution in [0, 0.1) is 5.82 Å². The Bertz CT molecular complexity index is 1230. The van der Waals surface area contributed by atoms with Crippen LogP contribution >= 0.6 is 0 Å². The zero-order chi connectivity index (χ0) is 23.1. The smallest absolute Gasteiger partial charge is 0.255 e. The van der Waals surface area contributed by atoms with Gasteiger partial charge in [-0.05, 0) is 48.0 Å². The molecule has 0 saturated carbocycles. The van der Waals surface area contributed by atoms with Gasteiger partial charge in [0.25, 0.3) is 11.8 Å². The minimum absolute atomic E-state index is 0.0431. The lowest BCUT2D eigenvalue weighted by Crippen LogP contribution is -2.26. The third kappa shape index (κ3) is 5.74. The summed E-state index contributed by atoms with van der Waals surface area (Å²) in [5.74, 6) is -1.91. The van der Waals surface area contributed by atoms with Gasteiger partial charge in [0.1, 0.15) is 5.82 Å². The molecule has 0 radical (unpaired) electrons. The van der Waals surface area contributed by atoms with Crippen LogP contribution in [0.3, 0.4) is 0 Å². The van der Waals surface area contributed by atoms with Gasteiger partial charge in [0, 0.05) is 36.7 Å². The Balaban J connectivity index is 1.69. The number of hydrogen-bond donors (Lipinski definition) is 3. The fourth-order valence-electron chi connectivity index (χ4n) is 2.86. The summed E-state index contributed by atoms with van der Waals surface area (Å²) in [5, 5.41) is 5.31. The SMILES string of the molecule is CCNS(=O)(=O)c1ccc(F)c(C(=O)NCc2cccc(NC(=O)c3ccncc3)c2)c1. The van der Waals surface area contributed by atoms with Gasteiger partial charge in [0.2, 0.25) is 10.0 Å². The molecule has 1 aromatic heterocycles. The Morgan fingerprint density at radius 3 is 2.47 bits per heavy atom. The number of nitrogens with zero attached hydrogens (tertiary/aromatic N) is 1. The largest absolute Gasteiger partial charge is 0.348 e. The molecule has 0 saturated heterocycles. The van der Waals surface area contributed by atoms with E-state index >= 15 is 0 Å². The molecule has 10 heteroatoms. The lowest BCUT2D eigenvalue weighted by Gasteiger charge is -2.10. The van der Waals surface area contributed by atoms with E-state index in [2.05, 4.69) is 20.3 Å². The van der Waals surface area contributed by atoms with Crippen LogP contribution in [0.2, 0.25) is 0 Å². The van der Waals surface area contributed by atoms with Crippen LogP contribution in [0.15, 0.2) is 71.9 Å². The lowest BCUT2D eigenvalue weighted by molar-refractivity contribution is 0.0945. The van der Waals surface area contributed by atoms with Crippen LogP contribution in [0.4, 0.5) is 10.1 Å². The molecule has 0 aliphatic carbocycles. The molecule has 0 aliphatic heterocycles. The molecule has 32 heavy (non-hydrogen) atoms. The molecule has 3 aromatic rings. The van der Waals surface area contributed by atoms with Gasteiger partial charge in [-0.15, -0.1) is 0 Å². The zero-order valence-corrected chi connectivity index (χ0v) is 17.9. The molecule has 0 spiro atoms. The van der Waals surface area contributed by atoms with Crippen LogP contribution in [0.5, 0.6) is 0 Å². The fourth-order valence-corrected chi connectivity index (χ4v) is 3.93. The summed E-state index contributed by atoms with van der Waals surface area (Å²) in [7, 11) is -3.83. The van der Waals surface area contributed by atoms with E-state index in [0.29, 0.717) is 16.8 Å². The molecule has 3 N–H and O–H groups in total. The van der Waals surface area contributed by atoms with Crippen molar-refractivity contribution < 1.29 is 22.4 Å². The Kier molecular flexibility index (Phi) is 7.29. The Morgan fingerprint density at radius 2 is 1.75 bits per heavy atom. The van der Waals surface area contributed by atoms with Crippen LogP contribution in [-0.4, -0.2) is 31.8 Å². The number of anilines is 1. The van der Waals surface area contributed by atoms with Crippen LogP contribution in [-0.2, 0) is 16.6 Å². The molecular formula is C22H21FN4O4S. The molecule has 3 rings (SSSR count). The van der Waals surface area contributed by atoms with E-state index in [1.54, 1.807) is 43.3 Å². The summed E-state index contributed by atoms with van der Waals surface area (Å²) in [6.07, 6.45) is 3.02. The zero-order valence-electron chi connectivity index (χ0n) is 17.1. The Labute approximate surface area is 184 Å². The van der Waals surface area contributed by atoms with Crippen molar-refractivity contribution in [3.8, 4) is 0 Å². The quantitative estimate of drug-likeness (QED) is 0.482. The van der Waals surface area contributed by atoms with Crippen molar-refractivity contribution in [1.29, 1.82) is 0 Å². The minimum atomic E-state index is -3.83. The summed E-state index contributed by atoms with van der Waals surface area (Å²) >= 11 is 0. The van der Waals surface area contributed by atoms with Crippen molar-refractivity contribution >= 4 is 27.5 Å². The molecule has 0 unspecified atom stereocenters. The first kappa shape index (κ1) is 23.0. The van der Waals surface area contributed by atoms with E-state index in [0.717, 1.165) is 18.2 Å². The van der Waals surface area contributed by atoms with Crippen molar-refractivity contribution in [3.63, 3.8) is 0 Å². The maximum absolute atomic E-state index is 14.2. The number of amides is 2. The molecule has 2 aromatic carbocycles. The predicted molar refractivity (Wildman–Crippen MR) is 117 cm³/mol. The molecule has 2 amide bonds. The second-order valence-electron chi connectivity index (χ2n) is 6.72. The second kappa shape index (κ2) is 10.1. The van der Waals surface area contributed by atoms with Gasteiger partial charge in [-0.1, -0.05) is 19.1 Å². The number of halogens is 1. The first-order chi connectivity index (χ1) is 15.3. The first-order valence-corrected chi connectivity index (χ1v) is 11.2. The average molecular weight is 456 g/mol. The first-order valence-electron chi connectivity index (χ1n) is 9.68. The number of benzene rings is 2. The highest BCUT2D eigenvalue weighted by atomic mass is 32.2. The maximum Gasteiger partial charge on any atom is 0.255 e. The summed E-state index contributed by atoms with van der Waals surface area (Å²) < 4.78 is 40.7. The van der Waals surface area contributed by atoms with E-state index in [1.165, 1.54) is 12.4 Å². The van der Waals surface area contributed by atoms with Gasteiger partial charge >= 0.3 is 0 Å². The Hall–Kier alpha value is -3.63. The third-order valence-electron chi connectivity index (χ3n) is 4.41. The molecule has 0 bridgehead atoms. The predicted octanol–water partition coefficient (Wildman–Crippen LogP) is 2.70. The van der Waals surface area contributed by atoms with Gasteiger partial charge in [-0.2, -0.15) is 0 Å². The molecule has 0 aliphatic rings. The Morgan fingerprint density at radius 1 is 1.00 bits per heavy atom. The molecule has 166 valence electrons. The number of pyridine rings is 1. The summed E-state index contributed by atoms with van der Waals surface area (Å²) in [5.41, 5.74) is 1.24. The number of sulfonamides is 1. The number of hydrogen-bond acceptors (Lipinski definition) is 5. The highest BCUT2D eigenvalue weighted by Gasteiger charge is 2.19. The van der Waals surface area contributed by atoms with Crippen molar-refractivity contribution in [1.82, 2.24) is 15.0 Å². The molecule has 0 fully saturated rings.